The molecule has 0 bridgehead atoms. The zero-order valence-electron chi connectivity index (χ0n) is 9.30. The molecule has 5 heteroatoms. The normalized spacial score (nSPS) is 22.2. The van der Waals surface area contributed by atoms with Gasteiger partial charge < -0.3 is 4.74 Å². The molecule has 2 atom stereocenters. The van der Waals surface area contributed by atoms with Crippen molar-refractivity contribution in [3.05, 3.63) is 24.3 Å². The van der Waals surface area contributed by atoms with Crippen LogP contribution in [-0.4, -0.2) is 22.7 Å². The van der Waals surface area contributed by atoms with Crippen molar-refractivity contribution >= 4 is 0 Å². The predicted octanol–water partition coefficient (Wildman–Crippen LogP) is 0.940. The lowest BCUT2D eigenvalue weighted by Crippen LogP contribution is -2.29. The molecule has 0 aliphatic carbocycles. The first-order valence-corrected chi connectivity index (χ1v) is 5.74. The summed E-state index contributed by atoms with van der Waals surface area (Å²) < 4.78 is 5.58. The number of hydrogen-bond donors (Lipinski definition) is 2. The van der Waals surface area contributed by atoms with Gasteiger partial charge in [-0.2, -0.15) is 0 Å². The monoisotopic (exact) mass is 222 g/mol. The van der Waals surface area contributed by atoms with Crippen LogP contribution >= 0.6 is 0 Å². The molecule has 1 aliphatic rings. The van der Waals surface area contributed by atoms with E-state index in [4.69, 9.17) is 10.6 Å². The van der Waals surface area contributed by atoms with Gasteiger partial charge in [-0.1, -0.05) is 0 Å². The Balaban J connectivity index is 1.85. The fourth-order valence-electron chi connectivity index (χ4n) is 2.05. The molecule has 0 amide bonds. The lowest BCUT2D eigenvalue weighted by molar-refractivity contribution is 0.0994. The molecule has 0 saturated carbocycles. The zero-order valence-corrected chi connectivity index (χ0v) is 9.30. The fourth-order valence-corrected chi connectivity index (χ4v) is 2.05. The Hall–Kier alpha value is -1.04. The molecule has 2 heterocycles. The van der Waals surface area contributed by atoms with Crippen LogP contribution < -0.4 is 11.3 Å². The van der Waals surface area contributed by atoms with Crippen LogP contribution in [-0.2, 0) is 4.74 Å². The van der Waals surface area contributed by atoms with Crippen LogP contribution in [0.1, 0.15) is 37.4 Å². The van der Waals surface area contributed by atoms with Crippen LogP contribution in [0.2, 0.25) is 0 Å². The minimum atomic E-state index is 0.0900. The van der Waals surface area contributed by atoms with Crippen molar-refractivity contribution in [1.82, 2.24) is 15.4 Å². The molecule has 5 nitrogen and oxygen atoms in total. The van der Waals surface area contributed by atoms with E-state index in [0.717, 1.165) is 25.1 Å². The van der Waals surface area contributed by atoms with Crippen LogP contribution in [0.25, 0.3) is 0 Å². The summed E-state index contributed by atoms with van der Waals surface area (Å²) in [5.41, 5.74) is 3.74. The average molecular weight is 222 g/mol. The van der Waals surface area contributed by atoms with Gasteiger partial charge in [0.25, 0.3) is 0 Å². The van der Waals surface area contributed by atoms with Crippen molar-refractivity contribution in [3.8, 4) is 0 Å². The molecule has 2 unspecified atom stereocenters. The van der Waals surface area contributed by atoms with Crippen LogP contribution in [0.15, 0.2) is 18.6 Å². The summed E-state index contributed by atoms with van der Waals surface area (Å²) in [4.78, 5) is 8.10. The average Bonchev–Trinajstić information content (AvgIpc) is 2.84. The largest absolute Gasteiger partial charge is 0.378 e. The third kappa shape index (κ3) is 2.98. The standard InChI is InChI=1S/C11H18N4O/c12-15-11(10-5-6-13-8-14-10)4-3-9-2-1-7-16-9/h5-6,8-9,11,15H,1-4,7,12H2. The summed E-state index contributed by atoms with van der Waals surface area (Å²) in [7, 11) is 0. The summed E-state index contributed by atoms with van der Waals surface area (Å²) in [5, 5.41) is 0. The quantitative estimate of drug-likeness (QED) is 0.573. The van der Waals surface area contributed by atoms with Crippen LogP contribution in [0, 0.1) is 0 Å². The first-order chi connectivity index (χ1) is 7.90. The Morgan fingerprint density at radius 1 is 1.62 bits per heavy atom. The van der Waals surface area contributed by atoms with Gasteiger partial charge in [-0.25, -0.2) is 9.97 Å². The third-order valence-electron chi connectivity index (χ3n) is 2.96. The molecular formula is C11H18N4O. The van der Waals surface area contributed by atoms with E-state index < -0.39 is 0 Å². The number of rotatable bonds is 5. The van der Waals surface area contributed by atoms with Crippen molar-refractivity contribution in [2.75, 3.05) is 6.61 Å². The van der Waals surface area contributed by atoms with E-state index in [9.17, 15) is 0 Å². The van der Waals surface area contributed by atoms with E-state index in [-0.39, 0.29) is 6.04 Å². The van der Waals surface area contributed by atoms with Crippen LogP contribution in [0.4, 0.5) is 0 Å². The van der Waals surface area contributed by atoms with Gasteiger partial charge in [-0.15, -0.1) is 0 Å². The summed E-state index contributed by atoms with van der Waals surface area (Å²) in [5.74, 6) is 5.54. The van der Waals surface area contributed by atoms with Gasteiger partial charge in [0.1, 0.15) is 6.33 Å². The fraction of sp³-hybridized carbons (Fsp3) is 0.636. The maximum atomic E-state index is 5.58. The molecule has 0 spiro atoms. The Morgan fingerprint density at radius 3 is 3.19 bits per heavy atom. The maximum absolute atomic E-state index is 5.58. The van der Waals surface area contributed by atoms with E-state index in [0.29, 0.717) is 6.10 Å². The highest BCUT2D eigenvalue weighted by atomic mass is 16.5. The minimum absolute atomic E-state index is 0.0900. The van der Waals surface area contributed by atoms with Crippen molar-refractivity contribution in [2.24, 2.45) is 5.84 Å². The van der Waals surface area contributed by atoms with Gasteiger partial charge in [0.05, 0.1) is 17.8 Å². The van der Waals surface area contributed by atoms with Gasteiger partial charge in [0.15, 0.2) is 0 Å². The Kier molecular flexibility index (Phi) is 4.21. The highest BCUT2D eigenvalue weighted by molar-refractivity contribution is 5.04. The van der Waals surface area contributed by atoms with E-state index in [1.165, 1.54) is 12.8 Å². The number of hydrazine groups is 1. The highest BCUT2D eigenvalue weighted by Crippen LogP contribution is 2.22. The number of nitrogens with one attached hydrogen (secondary N) is 1. The van der Waals surface area contributed by atoms with E-state index >= 15 is 0 Å². The molecule has 2 rings (SSSR count). The molecule has 3 N–H and O–H groups in total. The van der Waals surface area contributed by atoms with Gasteiger partial charge in [0.2, 0.25) is 0 Å². The Bertz CT molecular complexity index is 300. The molecular weight excluding hydrogens is 204 g/mol. The summed E-state index contributed by atoms with van der Waals surface area (Å²) in [6.45, 7) is 0.902. The van der Waals surface area contributed by atoms with Crippen LogP contribution in [0.5, 0.6) is 0 Å². The molecule has 1 aromatic heterocycles. The molecule has 1 aliphatic heterocycles. The number of hydrogen-bond acceptors (Lipinski definition) is 5. The predicted molar refractivity (Wildman–Crippen MR) is 60.3 cm³/mol. The molecule has 1 fully saturated rings. The van der Waals surface area contributed by atoms with E-state index in [2.05, 4.69) is 15.4 Å². The van der Waals surface area contributed by atoms with E-state index in [1.807, 2.05) is 6.07 Å². The van der Waals surface area contributed by atoms with Gasteiger partial charge >= 0.3 is 0 Å². The van der Waals surface area contributed by atoms with E-state index in [1.54, 1.807) is 12.5 Å². The Morgan fingerprint density at radius 2 is 2.56 bits per heavy atom. The second kappa shape index (κ2) is 5.89. The second-order valence-electron chi connectivity index (χ2n) is 4.07. The van der Waals surface area contributed by atoms with Crippen molar-refractivity contribution in [3.63, 3.8) is 0 Å². The lowest BCUT2D eigenvalue weighted by Gasteiger charge is -2.17. The summed E-state index contributed by atoms with van der Waals surface area (Å²) in [6, 6.07) is 1.98. The number of nitrogens with zero attached hydrogens (tertiary/aromatic N) is 2. The molecule has 16 heavy (non-hydrogen) atoms. The maximum Gasteiger partial charge on any atom is 0.115 e. The molecule has 0 radical (unpaired) electrons. The molecule has 88 valence electrons. The summed E-state index contributed by atoms with van der Waals surface area (Å²) >= 11 is 0. The molecule has 1 aromatic rings. The third-order valence-corrected chi connectivity index (χ3v) is 2.96. The number of aromatic nitrogens is 2. The minimum Gasteiger partial charge on any atom is -0.378 e. The molecule has 0 aromatic carbocycles. The lowest BCUT2D eigenvalue weighted by atomic mass is 10.0. The van der Waals surface area contributed by atoms with Gasteiger partial charge in [-0.3, -0.25) is 11.3 Å². The smallest absolute Gasteiger partial charge is 0.115 e. The first kappa shape index (κ1) is 11.4. The van der Waals surface area contributed by atoms with Gasteiger partial charge in [0, 0.05) is 12.8 Å². The van der Waals surface area contributed by atoms with Crippen molar-refractivity contribution < 1.29 is 4.74 Å². The van der Waals surface area contributed by atoms with Crippen LogP contribution in [0.3, 0.4) is 0 Å². The summed E-state index contributed by atoms with van der Waals surface area (Å²) in [6.07, 6.45) is 8.00. The first-order valence-electron chi connectivity index (χ1n) is 5.74. The SMILES string of the molecule is NNC(CCC1CCCO1)c1ccncn1. The molecule has 1 saturated heterocycles. The Labute approximate surface area is 95.4 Å². The number of ether oxygens (including phenoxy) is 1. The van der Waals surface area contributed by atoms with Crippen molar-refractivity contribution in [1.29, 1.82) is 0 Å². The zero-order chi connectivity index (χ0) is 11.2. The van der Waals surface area contributed by atoms with Gasteiger partial charge in [-0.05, 0) is 31.7 Å². The number of nitrogens with two attached hydrogens (primary N) is 1. The highest BCUT2D eigenvalue weighted by Gasteiger charge is 2.18. The van der Waals surface area contributed by atoms with Crippen molar-refractivity contribution in [2.45, 2.75) is 37.8 Å². The second-order valence-corrected chi connectivity index (χ2v) is 4.07. The topological polar surface area (TPSA) is 73.1 Å².